The fraction of sp³-hybridized carbons (Fsp3) is 0.385. The molecule has 2 aliphatic heterocycles. The van der Waals surface area contributed by atoms with Crippen LogP contribution in [0.3, 0.4) is 0 Å². The molecule has 2 N–H and O–H groups in total. The molecule has 2 aliphatic rings. The lowest BCUT2D eigenvalue weighted by atomic mass is 9.94. The molecule has 1 aromatic rings. The number of nitrogens with one attached hydrogen (secondary N) is 1. The van der Waals surface area contributed by atoms with Gasteiger partial charge in [0.15, 0.2) is 11.5 Å². The van der Waals surface area contributed by atoms with Crippen LogP contribution in [-0.2, 0) is 9.59 Å². The molecule has 6 nitrogen and oxygen atoms in total. The van der Waals surface area contributed by atoms with Gasteiger partial charge in [0.1, 0.15) is 13.2 Å². The van der Waals surface area contributed by atoms with Gasteiger partial charge in [-0.15, -0.1) is 0 Å². The van der Waals surface area contributed by atoms with Crippen molar-refractivity contribution in [3.63, 3.8) is 0 Å². The van der Waals surface area contributed by atoms with Crippen molar-refractivity contribution in [2.24, 2.45) is 5.92 Å². The molecule has 1 fully saturated rings. The monoisotopic (exact) mass is 263 g/mol. The second kappa shape index (κ2) is 4.46. The number of rotatable bonds is 2. The Morgan fingerprint density at radius 1 is 1.26 bits per heavy atom. The summed E-state index contributed by atoms with van der Waals surface area (Å²) in [6.45, 7) is 0.972. The highest BCUT2D eigenvalue weighted by atomic mass is 16.6. The zero-order valence-electron chi connectivity index (χ0n) is 10.1. The summed E-state index contributed by atoms with van der Waals surface area (Å²) in [6.07, 6.45) is 0.00837. The maximum atomic E-state index is 11.4. The number of ether oxygens (including phenoxy) is 2. The average Bonchev–Trinajstić information content (AvgIpc) is 2.80. The molecule has 0 spiro atoms. The Balaban J connectivity index is 1.93. The summed E-state index contributed by atoms with van der Waals surface area (Å²) in [4.78, 5) is 22.6. The molecule has 0 aliphatic carbocycles. The average molecular weight is 263 g/mol. The molecule has 0 saturated carbocycles. The van der Waals surface area contributed by atoms with Crippen LogP contribution < -0.4 is 14.8 Å². The van der Waals surface area contributed by atoms with E-state index in [-0.39, 0.29) is 12.3 Å². The first-order valence-electron chi connectivity index (χ1n) is 6.07. The largest absolute Gasteiger partial charge is 0.486 e. The molecule has 0 aromatic heterocycles. The second-order valence-electron chi connectivity index (χ2n) is 4.60. The quantitative estimate of drug-likeness (QED) is 0.821. The second-order valence-corrected chi connectivity index (χ2v) is 4.60. The summed E-state index contributed by atoms with van der Waals surface area (Å²) < 4.78 is 10.9. The number of benzene rings is 1. The van der Waals surface area contributed by atoms with Gasteiger partial charge in [-0.3, -0.25) is 9.59 Å². The Bertz CT molecular complexity index is 542. The van der Waals surface area contributed by atoms with Crippen molar-refractivity contribution in [2.45, 2.75) is 12.5 Å². The molecule has 1 unspecified atom stereocenters. The minimum Gasteiger partial charge on any atom is -0.486 e. The molecule has 1 saturated heterocycles. The predicted octanol–water partition coefficient (Wildman–Crippen LogP) is 0.720. The van der Waals surface area contributed by atoms with Crippen LogP contribution in [0.1, 0.15) is 18.0 Å². The van der Waals surface area contributed by atoms with Gasteiger partial charge in [-0.1, -0.05) is 6.07 Å². The molecular weight excluding hydrogens is 250 g/mol. The van der Waals surface area contributed by atoms with E-state index in [2.05, 4.69) is 5.32 Å². The van der Waals surface area contributed by atoms with Gasteiger partial charge in [-0.2, -0.15) is 0 Å². The van der Waals surface area contributed by atoms with Crippen LogP contribution in [0.4, 0.5) is 0 Å². The minimum absolute atomic E-state index is 0.00837. The Kier molecular flexibility index (Phi) is 2.77. The number of carboxylic acid groups (broad SMARTS) is 1. The number of amides is 1. The van der Waals surface area contributed by atoms with Crippen molar-refractivity contribution in [1.82, 2.24) is 5.32 Å². The summed E-state index contributed by atoms with van der Waals surface area (Å²) in [5, 5.41) is 11.8. The third kappa shape index (κ3) is 2.09. The zero-order valence-corrected chi connectivity index (χ0v) is 10.1. The van der Waals surface area contributed by atoms with Crippen LogP contribution >= 0.6 is 0 Å². The van der Waals surface area contributed by atoms with Crippen molar-refractivity contribution < 1.29 is 24.2 Å². The number of aliphatic carboxylic acids is 1. The number of carbonyl (C=O) groups excluding carboxylic acids is 1. The summed E-state index contributed by atoms with van der Waals surface area (Å²) >= 11 is 0. The van der Waals surface area contributed by atoms with Crippen molar-refractivity contribution >= 4 is 11.9 Å². The highest BCUT2D eigenvalue weighted by Crippen LogP contribution is 2.37. The summed E-state index contributed by atoms with van der Waals surface area (Å²) in [6, 6.07) is 4.73. The predicted molar refractivity (Wildman–Crippen MR) is 64.1 cm³/mol. The van der Waals surface area contributed by atoms with Gasteiger partial charge in [0.25, 0.3) is 0 Å². The third-order valence-electron chi connectivity index (χ3n) is 3.37. The van der Waals surface area contributed by atoms with Gasteiger partial charge in [0.2, 0.25) is 5.91 Å². The van der Waals surface area contributed by atoms with Crippen LogP contribution in [0.25, 0.3) is 0 Å². The number of carboxylic acids is 1. The SMILES string of the molecule is O=C1C[C@H](C(=O)O)C(c2ccc3c(c2)OCCO3)N1. The molecule has 100 valence electrons. The maximum Gasteiger partial charge on any atom is 0.309 e. The highest BCUT2D eigenvalue weighted by molar-refractivity contribution is 5.87. The van der Waals surface area contributed by atoms with E-state index in [1.54, 1.807) is 18.2 Å². The van der Waals surface area contributed by atoms with E-state index in [1.165, 1.54) is 0 Å². The summed E-state index contributed by atoms with van der Waals surface area (Å²) in [5.74, 6) is -0.721. The molecule has 19 heavy (non-hydrogen) atoms. The van der Waals surface area contributed by atoms with Crippen molar-refractivity contribution in [3.8, 4) is 11.5 Å². The molecule has 2 heterocycles. The highest BCUT2D eigenvalue weighted by Gasteiger charge is 2.38. The zero-order chi connectivity index (χ0) is 13.4. The molecular formula is C13H13NO5. The first-order valence-corrected chi connectivity index (χ1v) is 6.07. The molecule has 2 atom stereocenters. The minimum atomic E-state index is -0.974. The molecule has 3 rings (SSSR count). The van der Waals surface area contributed by atoms with Crippen LogP contribution in [0.15, 0.2) is 18.2 Å². The van der Waals surface area contributed by atoms with E-state index < -0.39 is 17.9 Å². The van der Waals surface area contributed by atoms with Crippen molar-refractivity contribution in [3.05, 3.63) is 23.8 Å². The number of carbonyl (C=O) groups is 2. The van der Waals surface area contributed by atoms with Crippen LogP contribution in [-0.4, -0.2) is 30.2 Å². The lowest BCUT2D eigenvalue weighted by Gasteiger charge is -2.21. The van der Waals surface area contributed by atoms with Gasteiger partial charge in [0.05, 0.1) is 12.0 Å². The van der Waals surface area contributed by atoms with E-state index in [9.17, 15) is 9.59 Å². The topological polar surface area (TPSA) is 84.9 Å². The Labute approximate surface area is 109 Å². The van der Waals surface area contributed by atoms with Gasteiger partial charge < -0.3 is 19.9 Å². The fourth-order valence-electron chi connectivity index (χ4n) is 2.45. The van der Waals surface area contributed by atoms with Crippen LogP contribution in [0.5, 0.6) is 11.5 Å². The number of hydrogen-bond acceptors (Lipinski definition) is 4. The van der Waals surface area contributed by atoms with Gasteiger partial charge >= 0.3 is 5.97 Å². The summed E-state index contributed by atoms with van der Waals surface area (Å²) in [5.41, 5.74) is 0.725. The van der Waals surface area contributed by atoms with E-state index in [1.807, 2.05) is 0 Å². The number of fused-ring (bicyclic) bond motifs is 1. The van der Waals surface area contributed by atoms with Crippen LogP contribution in [0.2, 0.25) is 0 Å². The van der Waals surface area contributed by atoms with Crippen molar-refractivity contribution in [2.75, 3.05) is 13.2 Å². The lowest BCUT2D eigenvalue weighted by molar-refractivity contribution is -0.142. The normalized spacial score (nSPS) is 24.9. The fourth-order valence-corrected chi connectivity index (χ4v) is 2.45. The van der Waals surface area contributed by atoms with Crippen molar-refractivity contribution in [1.29, 1.82) is 0 Å². The van der Waals surface area contributed by atoms with E-state index >= 15 is 0 Å². The standard InChI is InChI=1S/C13H13NO5/c15-11-6-8(13(16)17)12(14-11)7-1-2-9-10(5-7)19-4-3-18-9/h1-2,5,8,12H,3-4,6H2,(H,14,15)(H,16,17)/t8-,12?/m0/s1. The van der Waals surface area contributed by atoms with Gasteiger partial charge in [-0.25, -0.2) is 0 Å². The van der Waals surface area contributed by atoms with E-state index in [0.29, 0.717) is 24.7 Å². The number of hydrogen-bond donors (Lipinski definition) is 2. The molecule has 1 amide bonds. The Morgan fingerprint density at radius 3 is 2.74 bits per heavy atom. The first kappa shape index (κ1) is 11.8. The maximum absolute atomic E-state index is 11.4. The lowest BCUT2D eigenvalue weighted by Crippen LogP contribution is -2.24. The first-order chi connectivity index (χ1) is 9.15. The van der Waals surface area contributed by atoms with Gasteiger partial charge in [-0.05, 0) is 17.7 Å². The van der Waals surface area contributed by atoms with Gasteiger partial charge in [0, 0.05) is 6.42 Å². The molecule has 6 heteroatoms. The molecule has 0 bridgehead atoms. The molecule has 0 radical (unpaired) electrons. The Hall–Kier alpha value is -2.24. The summed E-state index contributed by atoms with van der Waals surface area (Å²) in [7, 11) is 0. The Morgan fingerprint density at radius 2 is 2.00 bits per heavy atom. The molecule has 1 aromatic carbocycles. The van der Waals surface area contributed by atoms with Crippen LogP contribution in [0, 0.1) is 5.92 Å². The van der Waals surface area contributed by atoms with E-state index in [0.717, 1.165) is 5.56 Å². The van der Waals surface area contributed by atoms with E-state index in [4.69, 9.17) is 14.6 Å². The third-order valence-corrected chi connectivity index (χ3v) is 3.37. The smallest absolute Gasteiger partial charge is 0.309 e.